The molecule has 0 aliphatic carbocycles. The summed E-state index contributed by atoms with van der Waals surface area (Å²) >= 11 is 0. The van der Waals surface area contributed by atoms with Gasteiger partial charge >= 0.3 is 0 Å². The number of nitrogens with two attached hydrogens (primary N) is 1. The van der Waals surface area contributed by atoms with Gasteiger partial charge in [-0.3, -0.25) is 9.69 Å². The van der Waals surface area contributed by atoms with Gasteiger partial charge in [-0.05, 0) is 50.0 Å². The second kappa shape index (κ2) is 8.15. The molecule has 1 unspecified atom stereocenters. The van der Waals surface area contributed by atoms with Crippen LogP contribution in [0.2, 0.25) is 0 Å². The fourth-order valence-electron chi connectivity index (χ4n) is 2.92. The van der Waals surface area contributed by atoms with Crippen molar-refractivity contribution >= 4 is 5.91 Å². The van der Waals surface area contributed by atoms with Gasteiger partial charge in [-0.15, -0.1) is 0 Å². The summed E-state index contributed by atoms with van der Waals surface area (Å²) in [6.45, 7) is 6.44. The van der Waals surface area contributed by atoms with Gasteiger partial charge in [0.05, 0.1) is 0 Å². The number of unbranched alkanes of at least 4 members (excludes halogenated alkanes) is 1. The van der Waals surface area contributed by atoms with E-state index in [1.165, 1.54) is 31.2 Å². The summed E-state index contributed by atoms with van der Waals surface area (Å²) in [6.07, 6.45) is 4.96. The third-order valence-electron chi connectivity index (χ3n) is 4.09. The number of amides is 1. The number of carbonyl (C=O) groups is 1. The molecule has 0 radical (unpaired) electrons. The monoisotopic (exact) mass is 289 g/mol. The average molecular weight is 289 g/mol. The van der Waals surface area contributed by atoms with E-state index in [2.05, 4.69) is 23.2 Å². The number of hydrogen-bond donors (Lipinski definition) is 2. The maximum Gasteiger partial charge on any atom is 0.248 e. The highest BCUT2D eigenvalue weighted by Crippen LogP contribution is 2.13. The summed E-state index contributed by atoms with van der Waals surface area (Å²) in [5.41, 5.74) is 7.13. The second-order valence-electron chi connectivity index (χ2n) is 5.95. The number of hydrogen-bond acceptors (Lipinski definition) is 3. The first-order valence-corrected chi connectivity index (χ1v) is 8.03. The summed E-state index contributed by atoms with van der Waals surface area (Å²) in [7, 11) is 0. The first-order valence-electron chi connectivity index (χ1n) is 8.03. The van der Waals surface area contributed by atoms with Crippen LogP contribution in [0.25, 0.3) is 0 Å². The van der Waals surface area contributed by atoms with Gasteiger partial charge < -0.3 is 11.1 Å². The molecule has 1 heterocycles. The lowest BCUT2D eigenvalue weighted by Crippen LogP contribution is -2.37. The van der Waals surface area contributed by atoms with Gasteiger partial charge in [0.25, 0.3) is 0 Å². The van der Waals surface area contributed by atoms with Gasteiger partial charge in [-0.2, -0.15) is 0 Å². The van der Waals surface area contributed by atoms with Crippen LogP contribution in [0.5, 0.6) is 0 Å². The molecule has 0 spiro atoms. The van der Waals surface area contributed by atoms with Crippen LogP contribution in [-0.4, -0.2) is 36.5 Å². The normalized spacial score (nSPS) is 18.3. The van der Waals surface area contributed by atoms with Crippen molar-refractivity contribution < 1.29 is 4.79 Å². The molecule has 1 aromatic rings. The Labute approximate surface area is 127 Å². The molecule has 1 aliphatic heterocycles. The fraction of sp³-hybridized carbons (Fsp3) is 0.588. The van der Waals surface area contributed by atoms with Crippen LogP contribution in [0.15, 0.2) is 24.3 Å². The molecule has 1 atom stereocenters. The molecule has 1 aliphatic rings. The van der Waals surface area contributed by atoms with Crippen molar-refractivity contribution in [2.75, 3.05) is 19.6 Å². The van der Waals surface area contributed by atoms with Gasteiger partial charge in [0.1, 0.15) is 0 Å². The van der Waals surface area contributed by atoms with Crippen molar-refractivity contribution in [1.82, 2.24) is 10.2 Å². The summed E-state index contributed by atoms with van der Waals surface area (Å²) < 4.78 is 0. The maximum absolute atomic E-state index is 11.3. The highest BCUT2D eigenvalue weighted by Gasteiger charge is 2.18. The zero-order chi connectivity index (χ0) is 15.1. The molecule has 0 saturated carbocycles. The summed E-state index contributed by atoms with van der Waals surface area (Å²) in [4.78, 5) is 13.8. The van der Waals surface area contributed by atoms with E-state index in [0.717, 1.165) is 26.2 Å². The number of nitrogens with zero attached hydrogens (tertiary/aromatic N) is 1. The third-order valence-corrected chi connectivity index (χ3v) is 4.09. The zero-order valence-electron chi connectivity index (χ0n) is 13.0. The molecule has 4 nitrogen and oxygen atoms in total. The molecular formula is C17H27N3O. The third kappa shape index (κ3) is 5.14. The van der Waals surface area contributed by atoms with Crippen LogP contribution in [0, 0.1) is 0 Å². The molecule has 2 rings (SSSR count). The predicted octanol–water partition coefficient (Wildman–Crippen LogP) is 2.14. The topological polar surface area (TPSA) is 58.4 Å². The quantitative estimate of drug-likeness (QED) is 0.771. The number of nitrogens with one attached hydrogen (secondary N) is 1. The van der Waals surface area contributed by atoms with Crippen molar-refractivity contribution in [2.24, 2.45) is 5.73 Å². The standard InChI is InChI=1S/C17H27N3O/c1-2-3-10-20(13-16-8-5-9-19-16)12-14-6-4-7-15(11-14)17(18)21/h4,6-7,11,16,19H,2-3,5,8-10,12-13H2,1H3,(H2,18,21). The molecule has 3 N–H and O–H groups in total. The van der Waals surface area contributed by atoms with Crippen molar-refractivity contribution in [2.45, 2.75) is 45.2 Å². The summed E-state index contributed by atoms with van der Waals surface area (Å²) in [6, 6.07) is 8.31. The number of carbonyl (C=O) groups excluding carboxylic acids is 1. The Bertz CT molecular complexity index is 455. The van der Waals surface area contributed by atoms with Crippen LogP contribution in [-0.2, 0) is 6.54 Å². The fourth-order valence-corrected chi connectivity index (χ4v) is 2.92. The molecule has 116 valence electrons. The Morgan fingerprint density at radius 2 is 2.33 bits per heavy atom. The highest BCUT2D eigenvalue weighted by molar-refractivity contribution is 5.92. The van der Waals surface area contributed by atoms with Crippen LogP contribution < -0.4 is 11.1 Å². The summed E-state index contributed by atoms with van der Waals surface area (Å²) in [5, 5.41) is 3.56. The van der Waals surface area contributed by atoms with Gasteiger partial charge in [0, 0.05) is 24.7 Å². The SMILES string of the molecule is CCCCN(Cc1cccc(C(N)=O)c1)CC1CCCN1. The van der Waals surface area contributed by atoms with E-state index < -0.39 is 0 Å². The largest absolute Gasteiger partial charge is 0.366 e. The molecule has 1 saturated heterocycles. The molecule has 0 bridgehead atoms. The van der Waals surface area contributed by atoms with Gasteiger partial charge in [0.2, 0.25) is 5.91 Å². The van der Waals surface area contributed by atoms with E-state index in [9.17, 15) is 4.79 Å². The van der Waals surface area contributed by atoms with Gasteiger partial charge in [-0.25, -0.2) is 0 Å². The average Bonchev–Trinajstić information content (AvgIpc) is 2.98. The van der Waals surface area contributed by atoms with E-state index in [-0.39, 0.29) is 5.91 Å². The smallest absolute Gasteiger partial charge is 0.248 e. The Morgan fingerprint density at radius 3 is 3.00 bits per heavy atom. The molecule has 0 aromatic heterocycles. The first-order chi connectivity index (χ1) is 10.2. The van der Waals surface area contributed by atoms with Crippen LogP contribution in [0.1, 0.15) is 48.5 Å². The summed E-state index contributed by atoms with van der Waals surface area (Å²) in [5.74, 6) is -0.352. The van der Waals surface area contributed by atoms with Crippen molar-refractivity contribution in [3.8, 4) is 0 Å². The minimum Gasteiger partial charge on any atom is -0.366 e. The highest BCUT2D eigenvalue weighted by atomic mass is 16.1. The molecule has 1 aromatic carbocycles. The van der Waals surface area contributed by atoms with Gasteiger partial charge in [0.15, 0.2) is 0 Å². The van der Waals surface area contributed by atoms with Crippen molar-refractivity contribution in [3.05, 3.63) is 35.4 Å². The van der Waals surface area contributed by atoms with Crippen molar-refractivity contribution in [3.63, 3.8) is 0 Å². The van der Waals surface area contributed by atoms with Crippen LogP contribution >= 0.6 is 0 Å². The Morgan fingerprint density at radius 1 is 1.48 bits per heavy atom. The number of primary amides is 1. The van der Waals surface area contributed by atoms with Crippen LogP contribution in [0.3, 0.4) is 0 Å². The maximum atomic E-state index is 11.3. The minimum absolute atomic E-state index is 0.352. The predicted molar refractivity (Wildman–Crippen MR) is 86.2 cm³/mol. The Balaban J connectivity index is 1.98. The zero-order valence-corrected chi connectivity index (χ0v) is 13.0. The lowest BCUT2D eigenvalue weighted by atomic mass is 10.1. The first kappa shape index (κ1) is 16.0. The Kier molecular flexibility index (Phi) is 6.21. The van der Waals surface area contributed by atoms with E-state index in [1.54, 1.807) is 6.07 Å². The number of rotatable bonds is 8. The molecule has 4 heteroatoms. The van der Waals surface area contributed by atoms with E-state index in [0.29, 0.717) is 11.6 Å². The molecule has 1 amide bonds. The lowest BCUT2D eigenvalue weighted by Gasteiger charge is -2.25. The van der Waals surface area contributed by atoms with E-state index in [1.807, 2.05) is 12.1 Å². The second-order valence-corrected chi connectivity index (χ2v) is 5.95. The number of benzene rings is 1. The molecule has 1 fully saturated rings. The van der Waals surface area contributed by atoms with Crippen molar-refractivity contribution in [1.29, 1.82) is 0 Å². The van der Waals surface area contributed by atoms with Gasteiger partial charge in [-0.1, -0.05) is 25.5 Å². The van der Waals surface area contributed by atoms with Crippen LogP contribution in [0.4, 0.5) is 0 Å². The Hall–Kier alpha value is -1.39. The minimum atomic E-state index is -0.352. The molecule has 21 heavy (non-hydrogen) atoms. The van der Waals surface area contributed by atoms with E-state index in [4.69, 9.17) is 5.73 Å². The van der Waals surface area contributed by atoms with E-state index >= 15 is 0 Å². The lowest BCUT2D eigenvalue weighted by molar-refractivity contribution is 0.1000. The molecular weight excluding hydrogens is 262 g/mol.